The monoisotopic (exact) mass is 320 g/mol. The van der Waals surface area contributed by atoms with Crippen LogP contribution in [-0.4, -0.2) is 4.98 Å². The number of aromatic nitrogens is 1. The van der Waals surface area contributed by atoms with Crippen LogP contribution < -0.4 is 10.5 Å². The highest BCUT2D eigenvalue weighted by molar-refractivity contribution is 9.10. The van der Waals surface area contributed by atoms with Gasteiger partial charge in [-0.3, -0.25) is 4.98 Å². The average molecular weight is 321 g/mol. The number of pyridine rings is 1. The van der Waals surface area contributed by atoms with Gasteiger partial charge in [0.1, 0.15) is 12.4 Å². The molecule has 1 atom stereocenters. The van der Waals surface area contributed by atoms with Crippen molar-refractivity contribution in [2.24, 2.45) is 5.73 Å². The second-order valence-corrected chi connectivity index (χ2v) is 5.17. The summed E-state index contributed by atoms with van der Waals surface area (Å²) in [7, 11) is 0. The molecule has 2 aromatic rings. The Morgan fingerprint density at radius 2 is 2.05 bits per heavy atom. The second kappa shape index (κ2) is 6.68. The van der Waals surface area contributed by atoms with E-state index in [0.29, 0.717) is 6.61 Å². The maximum absolute atomic E-state index is 5.92. The Labute approximate surface area is 121 Å². The highest BCUT2D eigenvalue weighted by Crippen LogP contribution is 2.19. The molecule has 0 spiro atoms. The number of benzene rings is 1. The Hall–Kier alpha value is -1.39. The van der Waals surface area contributed by atoms with Crippen LogP contribution in [0.2, 0.25) is 0 Å². The zero-order valence-electron chi connectivity index (χ0n) is 10.8. The van der Waals surface area contributed by atoms with Gasteiger partial charge in [0.2, 0.25) is 0 Å². The number of hydrogen-bond donors (Lipinski definition) is 1. The van der Waals surface area contributed by atoms with Crippen LogP contribution in [-0.2, 0) is 6.61 Å². The van der Waals surface area contributed by atoms with Gasteiger partial charge in [-0.15, -0.1) is 0 Å². The highest BCUT2D eigenvalue weighted by atomic mass is 79.9. The molecule has 0 aliphatic heterocycles. The van der Waals surface area contributed by atoms with E-state index in [1.165, 1.54) is 0 Å². The Bertz CT molecular complexity index is 528. The maximum Gasteiger partial charge on any atom is 0.138 e. The number of halogens is 1. The molecule has 1 aromatic heterocycles. The molecule has 0 saturated heterocycles. The topological polar surface area (TPSA) is 48.1 Å². The molecule has 0 fully saturated rings. The first-order valence-corrected chi connectivity index (χ1v) is 7.07. The molecule has 1 heterocycles. The summed E-state index contributed by atoms with van der Waals surface area (Å²) in [5.74, 6) is 0.753. The summed E-state index contributed by atoms with van der Waals surface area (Å²) < 4.78 is 6.76. The van der Waals surface area contributed by atoms with Gasteiger partial charge < -0.3 is 10.5 Å². The van der Waals surface area contributed by atoms with Crippen molar-refractivity contribution in [1.82, 2.24) is 4.98 Å². The smallest absolute Gasteiger partial charge is 0.138 e. The summed E-state index contributed by atoms with van der Waals surface area (Å²) in [5, 5.41) is 0. The fourth-order valence-electron chi connectivity index (χ4n) is 1.68. The van der Waals surface area contributed by atoms with Crippen LogP contribution in [0.3, 0.4) is 0 Å². The quantitative estimate of drug-likeness (QED) is 0.910. The Balaban J connectivity index is 1.99. The van der Waals surface area contributed by atoms with E-state index < -0.39 is 0 Å². The van der Waals surface area contributed by atoms with Crippen molar-refractivity contribution in [3.8, 4) is 5.75 Å². The SMILES string of the molecule is CC[C@H](N)c1ccc(OCc2ccccc2Br)cn1. The number of nitrogens with two attached hydrogens (primary N) is 1. The van der Waals surface area contributed by atoms with Crippen LogP contribution in [0.15, 0.2) is 47.1 Å². The fourth-order valence-corrected chi connectivity index (χ4v) is 2.08. The lowest BCUT2D eigenvalue weighted by molar-refractivity contribution is 0.304. The molecule has 0 radical (unpaired) electrons. The van der Waals surface area contributed by atoms with Crippen molar-refractivity contribution in [1.29, 1.82) is 0 Å². The van der Waals surface area contributed by atoms with E-state index in [0.717, 1.165) is 27.9 Å². The molecule has 0 amide bonds. The molecule has 3 nitrogen and oxygen atoms in total. The minimum absolute atomic E-state index is 0.00248. The molecule has 4 heteroatoms. The molecular weight excluding hydrogens is 304 g/mol. The molecule has 0 saturated carbocycles. The normalized spacial score (nSPS) is 12.2. The van der Waals surface area contributed by atoms with E-state index in [1.54, 1.807) is 6.20 Å². The van der Waals surface area contributed by atoms with Crippen molar-refractivity contribution in [3.63, 3.8) is 0 Å². The van der Waals surface area contributed by atoms with Gasteiger partial charge in [-0.2, -0.15) is 0 Å². The summed E-state index contributed by atoms with van der Waals surface area (Å²) in [6.45, 7) is 2.56. The largest absolute Gasteiger partial charge is 0.487 e. The first-order chi connectivity index (χ1) is 9.20. The standard InChI is InChI=1S/C15H17BrN2O/c1-2-14(17)15-8-7-12(9-18-15)19-10-11-5-3-4-6-13(11)16/h3-9,14H,2,10,17H2,1H3/t14-/m0/s1. The van der Waals surface area contributed by atoms with E-state index in [9.17, 15) is 0 Å². The lowest BCUT2D eigenvalue weighted by atomic mass is 10.1. The minimum Gasteiger partial charge on any atom is -0.487 e. The summed E-state index contributed by atoms with van der Waals surface area (Å²) in [6, 6.07) is 11.8. The van der Waals surface area contributed by atoms with E-state index in [1.807, 2.05) is 43.3 Å². The van der Waals surface area contributed by atoms with Gasteiger partial charge in [-0.05, 0) is 24.6 Å². The van der Waals surface area contributed by atoms with Crippen LogP contribution in [0.4, 0.5) is 0 Å². The summed E-state index contributed by atoms with van der Waals surface area (Å²) in [6.07, 6.45) is 2.60. The zero-order chi connectivity index (χ0) is 13.7. The highest BCUT2D eigenvalue weighted by Gasteiger charge is 2.05. The van der Waals surface area contributed by atoms with Crippen LogP contribution >= 0.6 is 15.9 Å². The molecular formula is C15H17BrN2O. The fraction of sp³-hybridized carbons (Fsp3) is 0.267. The maximum atomic E-state index is 5.92. The molecule has 1 aromatic carbocycles. The Kier molecular flexibility index (Phi) is 4.93. The first-order valence-electron chi connectivity index (χ1n) is 6.28. The molecule has 0 aliphatic rings. The van der Waals surface area contributed by atoms with E-state index in [-0.39, 0.29) is 6.04 Å². The number of ether oxygens (including phenoxy) is 1. The van der Waals surface area contributed by atoms with Crippen LogP contribution in [0.5, 0.6) is 5.75 Å². The lowest BCUT2D eigenvalue weighted by Crippen LogP contribution is -2.10. The molecule has 0 bridgehead atoms. The van der Waals surface area contributed by atoms with Gasteiger partial charge in [0, 0.05) is 16.1 Å². The van der Waals surface area contributed by atoms with Crippen molar-refractivity contribution >= 4 is 15.9 Å². The molecule has 100 valence electrons. The first kappa shape index (κ1) is 14.0. The lowest BCUT2D eigenvalue weighted by Gasteiger charge is -2.10. The van der Waals surface area contributed by atoms with Crippen molar-refractivity contribution in [2.75, 3.05) is 0 Å². The molecule has 2 rings (SSSR count). The summed E-state index contributed by atoms with van der Waals surface area (Å²) in [5.41, 5.74) is 7.93. The Morgan fingerprint density at radius 3 is 2.68 bits per heavy atom. The number of rotatable bonds is 5. The summed E-state index contributed by atoms with van der Waals surface area (Å²) >= 11 is 3.50. The predicted molar refractivity (Wildman–Crippen MR) is 79.9 cm³/mol. The number of nitrogens with zero attached hydrogens (tertiary/aromatic N) is 1. The van der Waals surface area contributed by atoms with Crippen LogP contribution in [0.1, 0.15) is 30.6 Å². The summed E-state index contributed by atoms with van der Waals surface area (Å²) in [4.78, 5) is 4.32. The molecule has 19 heavy (non-hydrogen) atoms. The Morgan fingerprint density at radius 1 is 1.26 bits per heavy atom. The van der Waals surface area contributed by atoms with Crippen LogP contribution in [0.25, 0.3) is 0 Å². The third kappa shape index (κ3) is 3.78. The minimum atomic E-state index is -0.00248. The third-order valence-corrected chi connectivity index (χ3v) is 3.70. The molecule has 2 N–H and O–H groups in total. The van der Waals surface area contributed by atoms with Crippen molar-refractivity contribution in [2.45, 2.75) is 26.0 Å². The third-order valence-electron chi connectivity index (χ3n) is 2.93. The van der Waals surface area contributed by atoms with E-state index in [4.69, 9.17) is 10.5 Å². The molecule has 0 aliphatic carbocycles. The van der Waals surface area contributed by atoms with Gasteiger partial charge in [-0.25, -0.2) is 0 Å². The van der Waals surface area contributed by atoms with Gasteiger partial charge in [-0.1, -0.05) is 41.1 Å². The predicted octanol–water partition coefficient (Wildman–Crippen LogP) is 3.83. The molecule has 0 unspecified atom stereocenters. The number of hydrogen-bond acceptors (Lipinski definition) is 3. The van der Waals surface area contributed by atoms with E-state index in [2.05, 4.69) is 20.9 Å². The van der Waals surface area contributed by atoms with Crippen molar-refractivity contribution < 1.29 is 4.74 Å². The average Bonchev–Trinajstić information content (AvgIpc) is 2.46. The van der Waals surface area contributed by atoms with Gasteiger partial charge in [0.15, 0.2) is 0 Å². The van der Waals surface area contributed by atoms with Crippen molar-refractivity contribution in [3.05, 3.63) is 58.3 Å². The van der Waals surface area contributed by atoms with Gasteiger partial charge >= 0.3 is 0 Å². The van der Waals surface area contributed by atoms with E-state index >= 15 is 0 Å². The second-order valence-electron chi connectivity index (χ2n) is 4.31. The van der Waals surface area contributed by atoms with Gasteiger partial charge in [0.25, 0.3) is 0 Å². The van der Waals surface area contributed by atoms with Gasteiger partial charge in [0.05, 0.1) is 11.9 Å². The van der Waals surface area contributed by atoms with Crippen LogP contribution in [0, 0.1) is 0 Å². The zero-order valence-corrected chi connectivity index (χ0v) is 12.4.